The molecule has 0 aliphatic carbocycles. The van der Waals surface area contributed by atoms with Crippen molar-refractivity contribution in [2.24, 2.45) is 0 Å². The smallest absolute Gasteiger partial charge is 0.262 e. The second-order valence-corrected chi connectivity index (χ2v) is 4.35. The molecule has 0 radical (unpaired) electrons. The Morgan fingerprint density at radius 1 is 1.11 bits per heavy atom. The number of hydrogen-bond acceptors (Lipinski definition) is 2. The van der Waals surface area contributed by atoms with E-state index < -0.39 is 11.7 Å². The summed E-state index contributed by atoms with van der Waals surface area (Å²) in [4.78, 5) is 12.0. The standard InChI is InChI=1S/C15H14FNO2/c1-9-5-3-6-10(2)14(9)17-15(19)13-11(16)7-4-8-12(13)18/h3-8,18H,1-2H3,(H,17,19). The number of halogens is 1. The van der Waals surface area contributed by atoms with Crippen molar-refractivity contribution in [2.45, 2.75) is 13.8 Å². The van der Waals surface area contributed by atoms with Gasteiger partial charge in [-0.2, -0.15) is 0 Å². The van der Waals surface area contributed by atoms with E-state index in [1.165, 1.54) is 12.1 Å². The molecular weight excluding hydrogens is 245 g/mol. The molecule has 98 valence electrons. The lowest BCUT2D eigenvalue weighted by molar-refractivity contribution is 0.102. The van der Waals surface area contributed by atoms with Crippen molar-refractivity contribution in [2.75, 3.05) is 5.32 Å². The van der Waals surface area contributed by atoms with Gasteiger partial charge in [0.2, 0.25) is 0 Å². The third-order valence-corrected chi connectivity index (χ3v) is 2.94. The summed E-state index contributed by atoms with van der Waals surface area (Å²) in [6, 6.07) is 9.34. The summed E-state index contributed by atoms with van der Waals surface area (Å²) in [6.07, 6.45) is 0. The SMILES string of the molecule is Cc1cccc(C)c1NC(=O)c1c(O)cccc1F. The number of phenolic OH excluding ortho intramolecular Hbond substituents is 1. The van der Waals surface area contributed by atoms with E-state index in [0.717, 1.165) is 17.2 Å². The van der Waals surface area contributed by atoms with Crippen LogP contribution in [0.15, 0.2) is 36.4 Å². The number of para-hydroxylation sites is 1. The number of benzene rings is 2. The largest absolute Gasteiger partial charge is 0.507 e. The molecule has 0 unspecified atom stereocenters. The molecule has 3 nitrogen and oxygen atoms in total. The number of hydrogen-bond donors (Lipinski definition) is 2. The number of amides is 1. The molecule has 1 amide bonds. The zero-order valence-corrected chi connectivity index (χ0v) is 10.7. The van der Waals surface area contributed by atoms with Crippen LogP contribution in [-0.4, -0.2) is 11.0 Å². The second-order valence-electron chi connectivity index (χ2n) is 4.35. The number of carbonyl (C=O) groups excluding carboxylic acids is 1. The fraction of sp³-hybridized carbons (Fsp3) is 0.133. The van der Waals surface area contributed by atoms with E-state index in [9.17, 15) is 14.3 Å². The molecule has 19 heavy (non-hydrogen) atoms. The van der Waals surface area contributed by atoms with Crippen LogP contribution < -0.4 is 5.32 Å². The molecule has 0 aliphatic rings. The van der Waals surface area contributed by atoms with Crippen LogP contribution in [0.25, 0.3) is 0 Å². The molecule has 2 aromatic carbocycles. The van der Waals surface area contributed by atoms with Crippen molar-refractivity contribution in [1.82, 2.24) is 0 Å². The Morgan fingerprint density at radius 2 is 1.68 bits per heavy atom. The number of carbonyl (C=O) groups is 1. The fourth-order valence-corrected chi connectivity index (χ4v) is 1.93. The molecule has 0 bridgehead atoms. The summed E-state index contributed by atoms with van der Waals surface area (Å²) >= 11 is 0. The van der Waals surface area contributed by atoms with Crippen LogP contribution in [0.2, 0.25) is 0 Å². The summed E-state index contributed by atoms with van der Waals surface area (Å²) in [6.45, 7) is 3.70. The Morgan fingerprint density at radius 3 is 2.26 bits per heavy atom. The van der Waals surface area contributed by atoms with Crippen molar-refractivity contribution in [3.8, 4) is 5.75 Å². The molecule has 0 aromatic heterocycles. The first-order valence-corrected chi connectivity index (χ1v) is 5.85. The summed E-state index contributed by atoms with van der Waals surface area (Å²) in [5.74, 6) is -1.78. The number of anilines is 1. The average Bonchev–Trinajstić information content (AvgIpc) is 2.34. The first-order valence-electron chi connectivity index (χ1n) is 5.85. The van der Waals surface area contributed by atoms with Gasteiger partial charge in [-0.3, -0.25) is 4.79 Å². The van der Waals surface area contributed by atoms with Gasteiger partial charge in [0.25, 0.3) is 5.91 Å². The van der Waals surface area contributed by atoms with Crippen molar-refractivity contribution in [3.63, 3.8) is 0 Å². The third kappa shape index (κ3) is 2.57. The first-order chi connectivity index (χ1) is 9.00. The van der Waals surface area contributed by atoms with E-state index >= 15 is 0 Å². The highest BCUT2D eigenvalue weighted by Crippen LogP contribution is 2.24. The van der Waals surface area contributed by atoms with E-state index in [0.29, 0.717) is 5.69 Å². The van der Waals surface area contributed by atoms with E-state index in [-0.39, 0.29) is 11.3 Å². The highest BCUT2D eigenvalue weighted by molar-refractivity contribution is 6.07. The zero-order valence-electron chi connectivity index (χ0n) is 10.7. The molecule has 2 N–H and O–H groups in total. The number of rotatable bonds is 2. The third-order valence-electron chi connectivity index (χ3n) is 2.94. The van der Waals surface area contributed by atoms with Gasteiger partial charge < -0.3 is 10.4 Å². The van der Waals surface area contributed by atoms with Gasteiger partial charge in [0.15, 0.2) is 0 Å². The van der Waals surface area contributed by atoms with Gasteiger partial charge >= 0.3 is 0 Å². The van der Waals surface area contributed by atoms with Gasteiger partial charge in [0, 0.05) is 5.69 Å². The Kier molecular flexibility index (Phi) is 3.51. The maximum Gasteiger partial charge on any atom is 0.262 e. The van der Waals surface area contributed by atoms with Crippen LogP contribution >= 0.6 is 0 Å². The average molecular weight is 259 g/mol. The summed E-state index contributed by atoms with van der Waals surface area (Å²) in [5.41, 5.74) is 2.05. The normalized spacial score (nSPS) is 10.3. The first kappa shape index (κ1) is 13.1. The topological polar surface area (TPSA) is 49.3 Å². The van der Waals surface area contributed by atoms with E-state index in [1.807, 2.05) is 32.0 Å². The van der Waals surface area contributed by atoms with Crippen molar-refractivity contribution in [1.29, 1.82) is 0 Å². The van der Waals surface area contributed by atoms with Crippen LogP contribution in [0.3, 0.4) is 0 Å². The van der Waals surface area contributed by atoms with E-state index in [2.05, 4.69) is 5.32 Å². The number of nitrogens with one attached hydrogen (secondary N) is 1. The molecule has 2 rings (SSSR count). The molecule has 0 atom stereocenters. The summed E-state index contributed by atoms with van der Waals surface area (Å²) in [5, 5.41) is 12.2. The minimum absolute atomic E-state index is 0.342. The summed E-state index contributed by atoms with van der Waals surface area (Å²) < 4.78 is 13.6. The van der Waals surface area contributed by atoms with Gasteiger partial charge in [0.05, 0.1) is 0 Å². The zero-order chi connectivity index (χ0) is 14.0. The Labute approximate surface area is 110 Å². The molecule has 0 fully saturated rings. The molecule has 0 spiro atoms. The Hall–Kier alpha value is -2.36. The molecular formula is C15H14FNO2. The monoisotopic (exact) mass is 259 g/mol. The minimum Gasteiger partial charge on any atom is -0.507 e. The van der Waals surface area contributed by atoms with Gasteiger partial charge in [-0.15, -0.1) is 0 Å². The second kappa shape index (κ2) is 5.10. The predicted octanol–water partition coefficient (Wildman–Crippen LogP) is 3.40. The Balaban J connectivity index is 2.37. The van der Waals surface area contributed by atoms with Crippen molar-refractivity contribution < 1.29 is 14.3 Å². The lowest BCUT2D eigenvalue weighted by Crippen LogP contribution is -2.15. The predicted molar refractivity (Wildman–Crippen MR) is 71.9 cm³/mol. The maximum atomic E-state index is 13.6. The molecule has 2 aromatic rings. The van der Waals surface area contributed by atoms with Gasteiger partial charge in [0.1, 0.15) is 17.1 Å². The molecule has 0 saturated carbocycles. The molecule has 4 heteroatoms. The van der Waals surface area contributed by atoms with Crippen molar-refractivity contribution >= 4 is 11.6 Å². The van der Waals surface area contributed by atoms with Gasteiger partial charge in [-0.25, -0.2) is 4.39 Å². The number of aromatic hydroxyl groups is 1. The van der Waals surface area contributed by atoms with Crippen molar-refractivity contribution in [3.05, 3.63) is 58.9 Å². The van der Waals surface area contributed by atoms with E-state index in [4.69, 9.17) is 0 Å². The van der Waals surface area contributed by atoms with Crippen LogP contribution in [0.1, 0.15) is 21.5 Å². The number of aryl methyl sites for hydroxylation is 2. The molecule has 0 heterocycles. The lowest BCUT2D eigenvalue weighted by atomic mass is 10.1. The highest BCUT2D eigenvalue weighted by atomic mass is 19.1. The quantitative estimate of drug-likeness (QED) is 0.868. The summed E-state index contributed by atoms with van der Waals surface area (Å²) in [7, 11) is 0. The fourth-order valence-electron chi connectivity index (χ4n) is 1.93. The Bertz CT molecular complexity index is 598. The minimum atomic E-state index is -0.747. The van der Waals surface area contributed by atoms with E-state index in [1.54, 1.807) is 0 Å². The van der Waals surface area contributed by atoms with Gasteiger partial charge in [-0.05, 0) is 37.1 Å². The molecule has 0 aliphatic heterocycles. The highest BCUT2D eigenvalue weighted by Gasteiger charge is 2.17. The van der Waals surface area contributed by atoms with Crippen LogP contribution in [-0.2, 0) is 0 Å². The van der Waals surface area contributed by atoms with Crippen LogP contribution in [0, 0.1) is 19.7 Å². The lowest BCUT2D eigenvalue weighted by Gasteiger charge is -2.12. The maximum absolute atomic E-state index is 13.6. The van der Waals surface area contributed by atoms with Gasteiger partial charge in [-0.1, -0.05) is 24.3 Å². The number of phenols is 1. The molecule has 0 saturated heterocycles. The van der Waals surface area contributed by atoms with Crippen LogP contribution in [0.4, 0.5) is 10.1 Å². The van der Waals surface area contributed by atoms with Crippen LogP contribution in [0.5, 0.6) is 5.75 Å².